The van der Waals surface area contributed by atoms with Crippen molar-refractivity contribution in [3.8, 4) is 0 Å². The Bertz CT molecular complexity index is 1190. The molecule has 1 N–H and O–H groups in total. The summed E-state index contributed by atoms with van der Waals surface area (Å²) in [6.07, 6.45) is 0.698. The quantitative estimate of drug-likeness (QED) is 0.409. The summed E-state index contributed by atoms with van der Waals surface area (Å²) in [5, 5.41) is 0. The standard InChI is InChI=1S/C25H27FN2O4/c1-14-12-21(17(4)28(14)11-10-19-6-8-20(26)9-7-19)22(30)13-32-25(31)24-15(2)23(18(5)29)16(3)27-24/h6-9,12,27H,10-11,13H2,1-5H3. The Balaban J connectivity index is 1.67. The molecular weight excluding hydrogens is 411 g/mol. The Hall–Kier alpha value is -3.48. The van der Waals surface area contributed by atoms with Gasteiger partial charge in [0.15, 0.2) is 12.4 Å². The first-order valence-electron chi connectivity index (χ1n) is 10.4. The first-order valence-corrected chi connectivity index (χ1v) is 10.4. The number of ketones is 2. The fourth-order valence-corrected chi connectivity index (χ4v) is 4.08. The van der Waals surface area contributed by atoms with Crippen molar-refractivity contribution < 1.29 is 23.5 Å². The second kappa shape index (κ2) is 9.34. The number of esters is 1. The van der Waals surface area contributed by atoms with Crippen LogP contribution in [0.1, 0.15) is 66.3 Å². The SMILES string of the molecule is CC(=O)c1c(C)[nH]c(C(=O)OCC(=O)c2cc(C)n(CCc3ccc(F)cc3)c2C)c1C. The van der Waals surface area contributed by atoms with Gasteiger partial charge in [0, 0.05) is 34.8 Å². The number of nitrogens with zero attached hydrogens (tertiary/aromatic N) is 1. The van der Waals surface area contributed by atoms with Gasteiger partial charge in [-0.3, -0.25) is 9.59 Å². The fourth-order valence-electron chi connectivity index (χ4n) is 4.08. The highest BCUT2D eigenvalue weighted by Gasteiger charge is 2.23. The number of carbonyl (C=O) groups is 3. The summed E-state index contributed by atoms with van der Waals surface area (Å²) in [6, 6.07) is 8.14. The number of rotatable bonds is 8. The van der Waals surface area contributed by atoms with Gasteiger partial charge in [-0.1, -0.05) is 12.1 Å². The van der Waals surface area contributed by atoms with Gasteiger partial charge < -0.3 is 14.3 Å². The van der Waals surface area contributed by atoms with E-state index in [9.17, 15) is 18.8 Å². The highest BCUT2D eigenvalue weighted by Crippen LogP contribution is 2.20. The second-order valence-electron chi connectivity index (χ2n) is 7.99. The van der Waals surface area contributed by atoms with Crippen LogP contribution in [-0.4, -0.2) is 33.7 Å². The van der Waals surface area contributed by atoms with E-state index in [1.54, 1.807) is 32.0 Å². The number of nitrogens with one attached hydrogen (secondary N) is 1. The predicted octanol–water partition coefficient (Wildman–Crippen LogP) is 4.67. The van der Waals surface area contributed by atoms with E-state index in [2.05, 4.69) is 4.98 Å². The van der Waals surface area contributed by atoms with E-state index in [4.69, 9.17) is 4.74 Å². The molecule has 1 aromatic carbocycles. The third-order valence-electron chi connectivity index (χ3n) is 5.74. The maximum atomic E-state index is 13.1. The molecule has 0 amide bonds. The predicted molar refractivity (Wildman–Crippen MR) is 119 cm³/mol. The number of aromatic amines is 1. The van der Waals surface area contributed by atoms with Gasteiger partial charge in [-0.05, 0) is 70.4 Å². The van der Waals surface area contributed by atoms with Crippen LogP contribution in [0.25, 0.3) is 0 Å². The molecule has 0 spiro atoms. The average Bonchev–Trinajstić information content (AvgIpc) is 3.20. The van der Waals surface area contributed by atoms with Crippen molar-refractivity contribution in [2.45, 2.75) is 47.6 Å². The Labute approximate surface area is 186 Å². The number of benzene rings is 1. The molecule has 0 aliphatic rings. The van der Waals surface area contributed by atoms with Crippen molar-refractivity contribution in [3.63, 3.8) is 0 Å². The molecule has 7 heteroatoms. The summed E-state index contributed by atoms with van der Waals surface area (Å²) < 4.78 is 20.4. The van der Waals surface area contributed by atoms with Crippen LogP contribution in [0, 0.1) is 33.5 Å². The molecule has 6 nitrogen and oxygen atoms in total. The molecule has 0 bridgehead atoms. The summed E-state index contributed by atoms with van der Waals surface area (Å²) in [6.45, 7) is 8.84. The minimum Gasteiger partial charge on any atom is -0.453 e. The molecule has 0 aliphatic carbocycles. The lowest BCUT2D eigenvalue weighted by molar-refractivity contribution is 0.0468. The molecular formula is C25H27FN2O4. The summed E-state index contributed by atoms with van der Waals surface area (Å²) in [4.78, 5) is 39.9. The van der Waals surface area contributed by atoms with Crippen LogP contribution in [0.4, 0.5) is 4.39 Å². The molecule has 0 saturated carbocycles. The van der Waals surface area contributed by atoms with E-state index >= 15 is 0 Å². The van der Waals surface area contributed by atoms with Gasteiger partial charge in [0.2, 0.25) is 5.78 Å². The van der Waals surface area contributed by atoms with Crippen molar-refractivity contribution in [2.75, 3.05) is 6.61 Å². The lowest BCUT2D eigenvalue weighted by Crippen LogP contribution is -2.16. The number of halogens is 1. The van der Waals surface area contributed by atoms with Crippen LogP contribution in [0.5, 0.6) is 0 Å². The second-order valence-corrected chi connectivity index (χ2v) is 7.99. The van der Waals surface area contributed by atoms with Crippen LogP contribution >= 0.6 is 0 Å². The van der Waals surface area contributed by atoms with Gasteiger partial charge in [0.25, 0.3) is 0 Å². The first kappa shape index (κ1) is 23.2. The van der Waals surface area contributed by atoms with Gasteiger partial charge >= 0.3 is 5.97 Å². The largest absolute Gasteiger partial charge is 0.453 e. The maximum Gasteiger partial charge on any atom is 0.355 e. The lowest BCUT2D eigenvalue weighted by atomic mass is 10.1. The van der Waals surface area contributed by atoms with Crippen molar-refractivity contribution in [3.05, 3.63) is 81.2 Å². The maximum absolute atomic E-state index is 13.1. The van der Waals surface area contributed by atoms with E-state index in [0.29, 0.717) is 35.3 Å². The molecule has 2 aromatic heterocycles. The van der Waals surface area contributed by atoms with E-state index in [1.165, 1.54) is 19.1 Å². The molecule has 0 unspecified atom stereocenters. The van der Waals surface area contributed by atoms with E-state index in [-0.39, 0.29) is 23.1 Å². The van der Waals surface area contributed by atoms with Crippen molar-refractivity contribution in [2.24, 2.45) is 0 Å². The number of hydrogen-bond donors (Lipinski definition) is 1. The Morgan fingerprint density at radius 2 is 1.72 bits per heavy atom. The van der Waals surface area contributed by atoms with E-state index < -0.39 is 12.6 Å². The monoisotopic (exact) mass is 438 g/mol. The molecule has 32 heavy (non-hydrogen) atoms. The fraction of sp³-hybridized carbons (Fsp3) is 0.320. The zero-order valence-corrected chi connectivity index (χ0v) is 19.0. The minimum absolute atomic E-state index is 0.139. The molecule has 0 fully saturated rings. The van der Waals surface area contributed by atoms with Gasteiger partial charge in [0.1, 0.15) is 11.5 Å². The number of ether oxygens (including phenoxy) is 1. The highest BCUT2D eigenvalue weighted by molar-refractivity contribution is 6.03. The zero-order valence-electron chi connectivity index (χ0n) is 19.0. The summed E-state index contributed by atoms with van der Waals surface area (Å²) in [5.41, 5.74) is 4.97. The number of aromatic nitrogens is 2. The number of H-pyrrole nitrogens is 1. The number of hydrogen-bond acceptors (Lipinski definition) is 4. The molecule has 0 atom stereocenters. The molecule has 168 valence electrons. The van der Waals surface area contributed by atoms with Crippen molar-refractivity contribution in [1.29, 1.82) is 0 Å². The molecule has 0 saturated heterocycles. The Morgan fingerprint density at radius 3 is 2.31 bits per heavy atom. The third-order valence-corrected chi connectivity index (χ3v) is 5.74. The Morgan fingerprint density at radius 1 is 1.06 bits per heavy atom. The summed E-state index contributed by atoms with van der Waals surface area (Å²) in [5.74, 6) is -1.38. The Kier molecular flexibility index (Phi) is 6.77. The van der Waals surface area contributed by atoms with Gasteiger partial charge in [-0.25, -0.2) is 9.18 Å². The lowest BCUT2D eigenvalue weighted by Gasteiger charge is -2.10. The third kappa shape index (κ3) is 4.72. The van der Waals surface area contributed by atoms with Crippen LogP contribution in [-0.2, 0) is 17.7 Å². The molecule has 0 aliphatic heterocycles. The summed E-state index contributed by atoms with van der Waals surface area (Å²) >= 11 is 0. The number of carbonyl (C=O) groups excluding carboxylic acids is 3. The molecule has 3 rings (SSSR count). The smallest absolute Gasteiger partial charge is 0.355 e. The summed E-state index contributed by atoms with van der Waals surface area (Å²) in [7, 11) is 0. The number of aryl methyl sites for hydroxylation is 3. The van der Waals surface area contributed by atoms with Crippen molar-refractivity contribution in [1.82, 2.24) is 9.55 Å². The van der Waals surface area contributed by atoms with Crippen molar-refractivity contribution >= 4 is 17.5 Å². The van der Waals surface area contributed by atoms with Crippen LogP contribution in [0.2, 0.25) is 0 Å². The molecule has 2 heterocycles. The van der Waals surface area contributed by atoms with Crippen LogP contribution in [0.3, 0.4) is 0 Å². The normalized spacial score (nSPS) is 10.9. The number of Topliss-reactive ketones (excluding diaryl/α,β-unsaturated/α-hetero) is 2. The van der Waals surface area contributed by atoms with Gasteiger partial charge in [0.05, 0.1) is 0 Å². The molecule has 3 aromatic rings. The van der Waals surface area contributed by atoms with Gasteiger partial charge in [-0.15, -0.1) is 0 Å². The van der Waals surface area contributed by atoms with Gasteiger partial charge in [-0.2, -0.15) is 0 Å². The van der Waals surface area contributed by atoms with Crippen LogP contribution < -0.4 is 0 Å². The van der Waals surface area contributed by atoms with E-state index in [1.807, 2.05) is 18.4 Å². The minimum atomic E-state index is -0.670. The first-order chi connectivity index (χ1) is 15.1. The molecule has 0 radical (unpaired) electrons. The zero-order chi connectivity index (χ0) is 23.6. The van der Waals surface area contributed by atoms with Crippen LogP contribution in [0.15, 0.2) is 30.3 Å². The average molecular weight is 438 g/mol. The highest BCUT2D eigenvalue weighted by atomic mass is 19.1. The topological polar surface area (TPSA) is 81.2 Å². The van der Waals surface area contributed by atoms with E-state index in [0.717, 1.165) is 17.0 Å².